The monoisotopic (exact) mass is 236 g/mol. The lowest BCUT2D eigenvalue weighted by atomic mass is 9.78. The molecule has 1 saturated carbocycles. The number of hydrogen-bond acceptors (Lipinski definition) is 3. The zero-order valence-corrected chi connectivity index (χ0v) is 11.3. The number of nitrogen functional groups attached to an aromatic ring is 1. The van der Waals surface area contributed by atoms with E-state index in [4.69, 9.17) is 10.3 Å². The maximum atomic E-state index is 5.97. The third-order valence-corrected chi connectivity index (χ3v) is 4.15. The summed E-state index contributed by atoms with van der Waals surface area (Å²) in [6.45, 7) is 6.68. The molecule has 0 radical (unpaired) electrons. The van der Waals surface area contributed by atoms with Crippen LogP contribution in [0.15, 0.2) is 4.52 Å². The topological polar surface area (TPSA) is 52.0 Å². The van der Waals surface area contributed by atoms with Crippen LogP contribution in [0.25, 0.3) is 0 Å². The number of nitrogens with zero attached hydrogens (tertiary/aromatic N) is 1. The maximum absolute atomic E-state index is 5.97. The molecule has 0 amide bonds. The Morgan fingerprint density at radius 3 is 2.53 bits per heavy atom. The van der Waals surface area contributed by atoms with Gasteiger partial charge in [-0.2, -0.15) is 0 Å². The Hall–Kier alpha value is -0.990. The highest BCUT2D eigenvalue weighted by Gasteiger charge is 2.40. The summed E-state index contributed by atoms with van der Waals surface area (Å²) in [5, 5.41) is 4.01. The van der Waals surface area contributed by atoms with Crippen molar-refractivity contribution in [1.29, 1.82) is 0 Å². The molecule has 17 heavy (non-hydrogen) atoms. The van der Waals surface area contributed by atoms with Gasteiger partial charge < -0.3 is 10.3 Å². The molecule has 1 heterocycles. The van der Waals surface area contributed by atoms with E-state index in [9.17, 15) is 0 Å². The van der Waals surface area contributed by atoms with Crippen molar-refractivity contribution in [2.24, 2.45) is 5.92 Å². The molecule has 3 heteroatoms. The summed E-state index contributed by atoms with van der Waals surface area (Å²) in [7, 11) is 0. The molecule has 0 atom stereocenters. The summed E-state index contributed by atoms with van der Waals surface area (Å²) in [6.07, 6.45) is 7.16. The molecular formula is C14H24N2O. The largest absolute Gasteiger partial charge is 0.381 e. The van der Waals surface area contributed by atoms with Gasteiger partial charge in [-0.25, -0.2) is 0 Å². The quantitative estimate of drug-likeness (QED) is 0.867. The summed E-state index contributed by atoms with van der Waals surface area (Å²) in [5.74, 6) is 2.28. The Morgan fingerprint density at radius 2 is 2.00 bits per heavy atom. The SMILES string of the molecule is CCC1(c2onc(N)c2CC(C)C)CCCC1. The first-order chi connectivity index (χ1) is 8.09. The first-order valence-corrected chi connectivity index (χ1v) is 6.83. The molecular weight excluding hydrogens is 212 g/mol. The lowest BCUT2D eigenvalue weighted by Gasteiger charge is -2.25. The Labute approximate surface area is 104 Å². The molecule has 1 aromatic heterocycles. The van der Waals surface area contributed by atoms with Gasteiger partial charge in [-0.15, -0.1) is 0 Å². The van der Waals surface area contributed by atoms with Gasteiger partial charge in [0.1, 0.15) is 5.76 Å². The molecule has 1 aromatic rings. The molecule has 1 aliphatic carbocycles. The van der Waals surface area contributed by atoms with Gasteiger partial charge in [0, 0.05) is 11.0 Å². The molecule has 0 spiro atoms. The van der Waals surface area contributed by atoms with E-state index < -0.39 is 0 Å². The van der Waals surface area contributed by atoms with Crippen molar-refractivity contribution >= 4 is 5.82 Å². The zero-order valence-electron chi connectivity index (χ0n) is 11.3. The van der Waals surface area contributed by atoms with Gasteiger partial charge in [0.15, 0.2) is 5.82 Å². The Kier molecular flexibility index (Phi) is 3.45. The maximum Gasteiger partial charge on any atom is 0.170 e. The first kappa shape index (κ1) is 12.5. The third-order valence-electron chi connectivity index (χ3n) is 4.15. The van der Waals surface area contributed by atoms with E-state index in [0.717, 1.165) is 18.6 Å². The fraction of sp³-hybridized carbons (Fsp3) is 0.786. The van der Waals surface area contributed by atoms with Crippen LogP contribution in [0.5, 0.6) is 0 Å². The molecule has 0 saturated heterocycles. The van der Waals surface area contributed by atoms with Crippen LogP contribution in [-0.2, 0) is 11.8 Å². The minimum absolute atomic E-state index is 0.217. The van der Waals surface area contributed by atoms with Crippen LogP contribution >= 0.6 is 0 Å². The van der Waals surface area contributed by atoms with Crippen molar-refractivity contribution in [1.82, 2.24) is 5.16 Å². The Morgan fingerprint density at radius 1 is 1.35 bits per heavy atom. The first-order valence-electron chi connectivity index (χ1n) is 6.83. The van der Waals surface area contributed by atoms with Gasteiger partial charge >= 0.3 is 0 Å². The molecule has 0 unspecified atom stereocenters. The fourth-order valence-corrected chi connectivity index (χ4v) is 3.14. The molecule has 1 fully saturated rings. The van der Waals surface area contributed by atoms with Gasteiger partial charge in [0.05, 0.1) is 0 Å². The molecule has 2 N–H and O–H groups in total. The van der Waals surface area contributed by atoms with Crippen molar-refractivity contribution in [3.05, 3.63) is 11.3 Å². The van der Waals surface area contributed by atoms with E-state index in [0.29, 0.717) is 11.7 Å². The summed E-state index contributed by atoms with van der Waals surface area (Å²) < 4.78 is 5.60. The summed E-state index contributed by atoms with van der Waals surface area (Å²) in [5.41, 5.74) is 7.35. The van der Waals surface area contributed by atoms with Gasteiger partial charge in [0.25, 0.3) is 0 Å². The van der Waals surface area contributed by atoms with E-state index in [-0.39, 0.29) is 5.41 Å². The number of hydrogen-bond donors (Lipinski definition) is 1. The van der Waals surface area contributed by atoms with Gasteiger partial charge in [-0.3, -0.25) is 0 Å². The van der Waals surface area contributed by atoms with Gasteiger partial charge in [0.2, 0.25) is 0 Å². The van der Waals surface area contributed by atoms with Crippen molar-refractivity contribution in [2.75, 3.05) is 5.73 Å². The van der Waals surface area contributed by atoms with Crippen molar-refractivity contribution in [3.8, 4) is 0 Å². The molecule has 2 rings (SSSR count). The second kappa shape index (κ2) is 4.71. The average molecular weight is 236 g/mol. The molecule has 1 aliphatic rings. The van der Waals surface area contributed by atoms with Gasteiger partial charge in [-0.1, -0.05) is 38.8 Å². The second-order valence-electron chi connectivity index (χ2n) is 5.81. The van der Waals surface area contributed by atoms with E-state index in [1.165, 1.54) is 31.2 Å². The highest BCUT2D eigenvalue weighted by Crippen LogP contribution is 2.46. The van der Waals surface area contributed by atoms with Crippen molar-refractivity contribution in [2.45, 2.75) is 64.7 Å². The number of nitrogens with two attached hydrogens (primary N) is 1. The molecule has 0 aliphatic heterocycles. The lowest BCUT2D eigenvalue weighted by Crippen LogP contribution is -2.22. The number of rotatable bonds is 4. The van der Waals surface area contributed by atoms with E-state index >= 15 is 0 Å². The van der Waals surface area contributed by atoms with Crippen LogP contribution in [0, 0.1) is 5.92 Å². The number of aromatic nitrogens is 1. The zero-order chi connectivity index (χ0) is 12.5. The predicted molar refractivity (Wildman–Crippen MR) is 69.9 cm³/mol. The Balaban J connectivity index is 2.37. The average Bonchev–Trinajstić information content (AvgIpc) is 2.88. The molecule has 0 bridgehead atoms. The Bertz CT molecular complexity index is 376. The van der Waals surface area contributed by atoms with Crippen LogP contribution in [0.2, 0.25) is 0 Å². The molecule has 3 nitrogen and oxygen atoms in total. The highest BCUT2D eigenvalue weighted by atomic mass is 16.5. The van der Waals surface area contributed by atoms with Crippen LogP contribution in [0.1, 0.15) is 64.2 Å². The fourth-order valence-electron chi connectivity index (χ4n) is 3.14. The van der Waals surface area contributed by atoms with Crippen LogP contribution in [0.3, 0.4) is 0 Å². The van der Waals surface area contributed by atoms with Crippen LogP contribution < -0.4 is 5.73 Å². The summed E-state index contributed by atoms with van der Waals surface area (Å²) in [4.78, 5) is 0. The second-order valence-corrected chi connectivity index (χ2v) is 5.81. The third kappa shape index (κ3) is 2.20. The minimum Gasteiger partial charge on any atom is -0.381 e. The van der Waals surface area contributed by atoms with E-state index in [2.05, 4.69) is 25.9 Å². The minimum atomic E-state index is 0.217. The predicted octanol–water partition coefficient (Wildman–Crippen LogP) is 3.68. The highest BCUT2D eigenvalue weighted by molar-refractivity contribution is 5.44. The van der Waals surface area contributed by atoms with Crippen LogP contribution in [0.4, 0.5) is 5.82 Å². The van der Waals surface area contributed by atoms with Gasteiger partial charge in [-0.05, 0) is 31.6 Å². The molecule has 0 aromatic carbocycles. The van der Waals surface area contributed by atoms with Crippen molar-refractivity contribution < 1.29 is 4.52 Å². The summed E-state index contributed by atoms with van der Waals surface area (Å²) in [6, 6.07) is 0. The summed E-state index contributed by atoms with van der Waals surface area (Å²) >= 11 is 0. The van der Waals surface area contributed by atoms with Crippen molar-refractivity contribution in [3.63, 3.8) is 0 Å². The molecule has 96 valence electrons. The van der Waals surface area contributed by atoms with Crippen LogP contribution in [-0.4, -0.2) is 5.16 Å². The smallest absolute Gasteiger partial charge is 0.170 e. The lowest BCUT2D eigenvalue weighted by molar-refractivity contribution is 0.279. The number of anilines is 1. The van der Waals surface area contributed by atoms with E-state index in [1.807, 2.05) is 0 Å². The normalized spacial score (nSPS) is 19.1. The van der Waals surface area contributed by atoms with E-state index in [1.54, 1.807) is 0 Å². The standard InChI is InChI=1S/C14H24N2O/c1-4-14(7-5-6-8-14)12-11(9-10(2)3)13(15)16-17-12/h10H,4-9H2,1-3H3,(H2,15,16).